The van der Waals surface area contributed by atoms with Crippen LogP contribution in [0, 0.1) is 0 Å². The first-order valence-corrected chi connectivity index (χ1v) is 14.4. The van der Waals surface area contributed by atoms with Crippen LogP contribution in [0.25, 0.3) is 0 Å². The first kappa shape index (κ1) is 39.6. The van der Waals surface area contributed by atoms with Gasteiger partial charge in [0.05, 0.1) is 17.9 Å². The molecular formula is C27H46O6Sn. The van der Waals surface area contributed by atoms with Crippen LogP contribution >= 0.6 is 0 Å². The SMILES string of the molecule is C=CC(=O)[O-].C=CC(=O)[O-].C=CC(=O)[O-].CCCCCCCCCCCCCCCCC[CH2][Sn+3]. The Kier molecular flexibility index (Phi) is 45.1. The quantitative estimate of drug-likeness (QED) is 0.130. The standard InChI is InChI=1S/C18H37.3C3H4O2.Sn/c1-3-5-7-9-11-13-15-17-18-16-14-12-10-8-6-4-2;3*1-2-3(4)5;/h1,3-18H2,2H3;3*2H,1H2,(H,4,5);/q;;;;+3/p-3. The molecule has 0 fully saturated rings. The number of rotatable bonds is 19. The predicted octanol–water partition coefficient (Wildman–Crippen LogP) is 3.60. The zero-order valence-corrected chi connectivity index (χ0v) is 24.2. The van der Waals surface area contributed by atoms with Gasteiger partial charge in [0.2, 0.25) is 0 Å². The van der Waals surface area contributed by atoms with E-state index in [4.69, 9.17) is 29.7 Å². The summed E-state index contributed by atoms with van der Waals surface area (Å²) in [6.07, 6.45) is 25.8. The molecule has 0 N–H and O–H groups in total. The Morgan fingerprint density at radius 1 is 0.529 bits per heavy atom. The Hall–Kier alpha value is -1.57. The monoisotopic (exact) mass is 586 g/mol. The van der Waals surface area contributed by atoms with Crippen molar-refractivity contribution in [1.29, 1.82) is 0 Å². The van der Waals surface area contributed by atoms with Crippen molar-refractivity contribution in [2.45, 2.75) is 114 Å². The van der Waals surface area contributed by atoms with Crippen molar-refractivity contribution < 1.29 is 29.7 Å². The van der Waals surface area contributed by atoms with Crippen LogP contribution in [0.4, 0.5) is 0 Å². The third-order valence-corrected chi connectivity index (χ3v) is 5.54. The van der Waals surface area contributed by atoms with Gasteiger partial charge in [0, 0.05) is 0 Å². The molecule has 0 rings (SSSR count). The summed E-state index contributed by atoms with van der Waals surface area (Å²) in [6.45, 7) is 11.0. The molecule has 0 aliphatic carbocycles. The van der Waals surface area contributed by atoms with E-state index in [1.54, 1.807) is 22.5 Å². The average Bonchev–Trinajstić information content (AvgIpc) is 2.82. The van der Waals surface area contributed by atoms with Gasteiger partial charge >= 0.3 is 97.6 Å². The summed E-state index contributed by atoms with van der Waals surface area (Å²) in [6, 6.07) is 0. The fourth-order valence-electron chi connectivity index (χ4n) is 2.67. The summed E-state index contributed by atoms with van der Waals surface area (Å²) in [5.74, 6) is -3.69. The number of unbranched alkanes of at least 4 members (excludes halogenated alkanes) is 15. The molecule has 0 saturated heterocycles. The summed E-state index contributed by atoms with van der Waals surface area (Å²) in [4.78, 5) is 27.4. The van der Waals surface area contributed by atoms with Crippen LogP contribution in [0.1, 0.15) is 110 Å². The number of carbonyl (C=O) groups excluding carboxylic acids is 3. The van der Waals surface area contributed by atoms with Crippen LogP contribution in [0.3, 0.4) is 0 Å². The summed E-state index contributed by atoms with van der Waals surface area (Å²) < 4.78 is 1.46. The first-order valence-electron chi connectivity index (χ1n) is 12.4. The molecule has 34 heavy (non-hydrogen) atoms. The molecule has 0 radical (unpaired) electrons. The number of carboxylic acid groups (broad SMARTS) is 3. The molecule has 0 aromatic carbocycles. The Morgan fingerprint density at radius 2 is 0.706 bits per heavy atom. The Bertz CT molecular complexity index is 433. The average molecular weight is 585 g/mol. The van der Waals surface area contributed by atoms with E-state index in [0.29, 0.717) is 0 Å². The van der Waals surface area contributed by atoms with E-state index in [1.807, 2.05) is 0 Å². The van der Waals surface area contributed by atoms with Crippen molar-refractivity contribution in [3.05, 3.63) is 38.0 Å². The van der Waals surface area contributed by atoms with Crippen LogP contribution in [0.15, 0.2) is 38.0 Å². The molecule has 0 unspecified atom stereocenters. The van der Waals surface area contributed by atoms with Crippen LogP contribution in [0.2, 0.25) is 4.44 Å². The zero-order chi connectivity index (χ0) is 26.9. The second-order valence-electron chi connectivity index (χ2n) is 7.62. The summed E-state index contributed by atoms with van der Waals surface area (Å²) in [5.41, 5.74) is 0. The van der Waals surface area contributed by atoms with Gasteiger partial charge in [-0.3, -0.25) is 0 Å². The molecule has 0 aliphatic rings. The number of carbonyl (C=O) groups is 3. The van der Waals surface area contributed by atoms with Gasteiger partial charge in [-0.2, -0.15) is 0 Å². The number of carboxylic acids is 3. The van der Waals surface area contributed by atoms with Crippen molar-refractivity contribution in [2.75, 3.05) is 0 Å². The molecule has 0 amide bonds. The van der Waals surface area contributed by atoms with E-state index in [1.165, 1.54) is 107 Å². The number of aliphatic carboxylic acids is 3. The molecule has 7 heteroatoms. The van der Waals surface area contributed by atoms with E-state index in [0.717, 1.165) is 18.2 Å². The van der Waals surface area contributed by atoms with Gasteiger partial charge in [-0.25, -0.2) is 0 Å². The van der Waals surface area contributed by atoms with E-state index in [-0.39, 0.29) is 0 Å². The molecule has 0 aromatic rings. The van der Waals surface area contributed by atoms with Gasteiger partial charge in [0.15, 0.2) is 0 Å². The molecule has 0 atom stereocenters. The number of hydrogen-bond donors (Lipinski definition) is 0. The van der Waals surface area contributed by atoms with Crippen molar-refractivity contribution in [1.82, 2.24) is 0 Å². The van der Waals surface area contributed by atoms with Gasteiger partial charge in [0.1, 0.15) is 0 Å². The zero-order valence-electron chi connectivity index (χ0n) is 21.3. The minimum atomic E-state index is -1.23. The van der Waals surface area contributed by atoms with E-state index in [9.17, 15) is 0 Å². The van der Waals surface area contributed by atoms with Gasteiger partial charge in [0.25, 0.3) is 0 Å². The summed E-state index contributed by atoms with van der Waals surface area (Å²) in [5, 5.41) is 27.4. The second kappa shape index (κ2) is 38.7. The van der Waals surface area contributed by atoms with Gasteiger partial charge in [-0.1, -0.05) is 58.8 Å². The number of hydrogen-bond acceptors (Lipinski definition) is 6. The predicted molar refractivity (Wildman–Crippen MR) is 136 cm³/mol. The Morgan fingerprint density at radius 3 is 0.853 bits per heavy atom. The molecule has 6 nitrogen and oxygen atoms in total. The maximum atomic E-state index is 9.14. The van der Waals surface area contributed by atoms with Crippen molar-refractivity contribution in [3.63, 3.8) is 0 Å². The van der Waals surface area contributed by atoms with Gasteiger partial charge in [-0.15, -0.1) is 0 Å². The van der Waals surface area contributed by atoms with Crippen molar-refractivity contribution >= 4 is 40.4 Å². The van der Waals surface area contributed by atoms with Gasteiger partial charge < -0.3 is 29.7 Å². The topological polar surface area (TPSA) is 120 Å². The minimum absolute atomic E-state index is 0.722. The molecule has 0 aromatic heterocycles. The Labute approximate surface area is 221 Å². The van der Waals surface area contributed by atoms with Crippen LogP contribution in [0.5, 0.6) is 0 Å². The van der Waals surface area contributed by atoms with E-state index < -0.39 is 17.9 Å². The molecular weight excluding hydrogens is 539 g/mol. The normalized spacial score (nSPS) is 9.03. The molecule has 0 heterocycles. The Balaban J connectivity index is -0.000000242. The second-order valence-corrected chi connectivity index (χ2v) is 9.05. The first-order chi connectivity index (χ1) is 16.2. The van der Waals surface area contributed by atoms with E-state index in [2.05, 4.69) is 26.7 Å². The van der Waals surface area contributed by atoms with Crippen molar-refractivity contribution in [2.24, 2.45) is 0 Å². The van der Waals surface area contributed by atoms with Crippen LogP contribution in [-0.2, 0) is 14.4 Å². The third kappa shape index (κ3) is 63.1. The third-order valence-electron chi connectivity index (χ3n) is 4.53. The van der Waals surface area contributed by atoms with Crippen LogP contribution < -0.4 is 15.3 Å². The molecule has 0 saturated carbocycles. The molecule has 0 spiro atoms. The summed E-state index contributed by atoms with van der Waals surface area (Å²) in [7, 11) is 0. The van der Waals surface area contributed by atoms with Crippen molar-refractivity contribution in [3.8, 4) is 0 Å². The fourth-order valence-corrected chi connectivity index (χ4v) is 3.39. The fraction of sp³-hybridized carbons (Fsp3) is 0.667. The molecule has 0 bridgehead atoms. The van der Waals surface area contributed by atoms with Gasteiger partial charge in [-0.05, 0) is 18.2 Å². The summed E-state index contributed by atoms with van der Waals surface area (Å²) >= 11 is 1.72. The van der Waals surface area contributed by atoms with Crippen LogP contribution in [-0.4, -0.2) is 40.4 Å². The maximum absolute atomic E-state index is 9.14. The molecule has 194 valence electrons. The molecule has 0 aliphatic heterocycles. The van der Waals surface area contributed by atoms with E-state index >= 15 is 0 Å².